The zero-order valence-corrected chi connectivity index (χ0v) is 12.5. The first kappa shape index (κ1) is 16.2. The number of aliphatic hydroxyl groups excluding tert-OH is 1. The van der Waals surface area contributed by atoms with E-state index in [1.165, 1.54) is 18.2 Å². The van der Waals surface area contributed by atoms with Crippen molar-refractivity contribution in [3.63, 3.8) is 0 Å². The van der Waals surface area contributed by atoms with E-state index in [9.17, 15) is 20.0 Å². The molecule has 0 aromatic heterocycles. The van der Waals surface area contributed by atoms with Crippen molar-refractivity contribution in [2.75, 3.05) is 13.2 Å². The van der Waals surface area contributed by atoms with Crippen LogP contribution in [0.4, 0.5) is 5.69 Å². The molecule has 0 saturated carbocycles. The van der Waals surface area contributed by atoms with E-state index in [0.29, 0.717) is 12.1 Å². The predicted molar refractivity (Wildman–Crippen MR) is 83.1 cm³/mol. The second-order valence-electron chi connectivity index (χ2n) is 5.61. The summed E-state index contributed by atoms with van der Waals surface area (Å²) >= 11 is 0. The number of hydrogen-bond acceptors (Lipinski definition) is 4. The molecule has 1 aromatic rings. The van der Waals surface area contributed by atoms with Gasteiger partial charge in [0.15, 0.2) is 0 Å². The number of hydrogen-bond donors (Lipinski definition) is 1. The largest absolute Gasteiger partial charge is 0.396 e. The summed E-state index contributed by atoms with van der Waals surface area (Å²) in [6, 6.07) is 6.43. The van der Waals surface area contributed by atoms with Crippen LogP contribution in [0.1, 0.15) is 25.3 Å². The van der Waals surface area contributed by atoms with Gasteiger partial charge in [-0.15, -0.1) is 0 Å². The van der Waals surface area contributed by atoms with Gasteiger partial charge in [-0.25, -0.2) is 0 Å². The molecule has 1 N–H and O–H groups in total. The molecule has 6 nitrogen and oxygen atoms in total. The Morgan fingerprint density at radius 2 is 2.18 bits per heavy atom. The Bertz CT molecular complexity index is 585. The van der Waals surface area contributed by atoms with Crippen molar-refractivity contribution in [2.45, 2.75) is 25.8 Å². The molecule has 1 saturated heterocycles. The lowest BCUT2D eigenvalue weighted by molar-refractivity contribution is -0.385. The first-order valence-corrected chi connectivity index (χ1v) is 7.36. The SMILES string of the molecule is CC1CCC(CO)CN1C(=O)/C=C/c1ccccc1[N+](=O)[O-]. The van der Waals surface area contributed by atoms with Gasteiger partial charge in [-0.2, -0.15) is 0 Å². The molecule has 1 fully saturated rings. The minimum absolute atomic E-state index is 0.0218. The first-order chi connectivity index (χ1) is 10.5. The molecule has 1 aliphatic rings. The van der Waals surface area contributed by atoms with Crippen LogP contribution in [-0.2, 0) is 4.79 Å². The third kappa shape index (κ3) is 3.71. The molecule has 1 aromatic carbocycles. The van der Waals surface area contributed by atoms with E-state index in [4.69, 9.17) is 0 Å². The van der Waals surface area contributed by atoms with Crippen LogP contribution in [0.25, 0.3) is 6.08 Å². The van der Waals surface area contributed by atoms with E-state index in [1.54, 1.807) is 23.1 Å². The van der Waals surface area contributed by atoms with Crippen LogP contribution >= 0.6 is 0 Å². The Morgan fingerprint density at radius 1 is 1.45 bits per heavy atom. The topological polar surface area (TPSA) is 83.7 Å². The zero-order valence-electron chi connectivity index (χ0n) is 12.5. The van der Waals surface area contributed by atoms with Crippen LogP contribution in [0.3, 0.4) is 0 Å². The van der Waals surface area contributed by atoms with E-state index in [1.807, 2.05) is 6.92 Å². The van der Waals surface area contributed by atoms with E-state index < -0.39 is 4.92 Å². The van der Waals surface area contributed by atoms with Crippen molar-refractivity contribution in [3.05, 3.63) is 46.0 Å². The lowest BCUT2D eigenvalue weighted by Gasteiger charge is -2.36. The average Bonchev–Trinajstić information content (AvgIpc) is 2.53. The first-order valence-electron chi connectivity index (χ1n) is 7.36. The lowest BCUT2D eigenvalue weighted by atomic mass is 9.94. The van der Waals surface area contributed by atoms with Crippen LogP contribution in [0.15, 0.2) is 30.3 Å². The molecular weight excluding hydrogens is 284 g/mol. The Labute approximate surface area is 129 Å². The highest BCUT2D eigenvalue weighted by Gasteiger charge is 2.27. The minimum Gasteiger partial charge on any atom is -0.396 e. The summed E-state index contributed by atoms with van der Waals surface area (Å²) in [5.74, 6) is -0.0663. The van der Waals surface area contributed by atoms with Crippen molar-refractivity contribution in [1.82, 2.24) is 4.90 Å². The van der Waals surface area contributed by atoms with Crippen molar-refractivity contribution >= 4 is 17.7 Å². The van der Waals surface area contributed by atoms with Gasteiger partial charge in [-0.1, -0.05) is 12.1 Å². The van der Waals surface area contributed by atoms with Gasteiger partial charge in [0.25, 0.3) is 5.69 Å². The number of para-hydroxylation sites is 1. The van der Waals surface area contributed by atoms with E-state index in [2.05, 4.69) is 0 Å². The molecule has 0 radical (unpaired) electrons. The smallest absolute Gasteiger partial charge is 0.276 e. The fraction of sp³-hybridized carbons (Fsp3) is 0.438. The summed E-state index contributed by atoms with van der Waals surface area (Å²) in [5.41, 5.74) is 0.385. The second kappa shape index (κ2) is 7.17. The summed E-state index contributed by atoms with van der Waals surface area (Å²) in [5, 5.41) is 20.2. The van der Waals surface area contributed by atoms with Gasteiger partial charge in [0, 0.05) is 31.3 Å². The van der Waals surface area contributed by atoms with E-state index in [0.717, 1.165) is 12.8 Å². The number of likely N-dealkylation sites (tertiary alicyclic amines) is 1. The van der Waals surface area contributed by atoms with Gasteiger partial charge < -0.3 is 10.0 Å². The van der Waals surface area contributed by atoms with Gasteiger partial charge in [0.2, 0.25) is 5.91 Å². The molecule has 2 atom stereocenters. The van der Waals surface area contributed by atoms with Crippen molar-refractivity contribution < 1.29 is 14.8 Å². The number of benzene rings is 1. The molecule has 6 heteroatoms. The van der Waals surface area contributed by atoms with Crippen LogP contribution < -0.4 is 0 Å². The highest BCUT2D eigenvalue weighted by Crippen LogP contribution is 2.23. The number of piperidine rings is 1. The Kier molecular flexibility index (Phi) is 5.27. The average molecular weight is 304 g/mol. The summed E-state index contributed by atoms with van der Waals surface area (Å²) in [7, 11) is 0. The summed E-state index contributed by atoms with van der Waals surface area (Å²) in [4.78, 5) is 24.5. The molecule has 1 heterocycles. The maximum Gasteiger partial charge on any atom is 0.276 e. The molecule has 1 amide bonds. The standard InChI is InChI=1S/C16H20N2O4/c1-12-6-7-13(11-19)10-17(12)16(20)9-8-14-4-2-3-5-15(14)18(21)22/h2-5,8-9,12-13,19H,6-7,10-11H2,1H3/b9-8+. The van der Waals surface area contributed by atoms with Crippen molar-refractivity contribution in [1.29, 1.82) is 0 Å². The van der Waals surface area contributed by atoms with Crippen LogP contribution in [0, 0.1) is 16.0 Å². The molecule has 2 unspecified atom stereocenters. The normalized spacial score (nSPS) is 22.0. The summed E-state index contributed by atoms with van der Waals surface area (Å²) in [6.45, 7) is 2.58. The maximum absolute atomic E-state index is 12.3. The number of nitro benzene ring substituents is 1. The molecule has 2 rings (SSSR count). The highest BCUT2D eigenvalue weighted by atomic mass is 16.6. The maximum atomic E-state index is 12.3. The van der Waals surface area contributed by atoms with Crippen molar-refractivity contribution in [3.8, 4) is 0 Å². The monoisotopic (exact) mass is 304 g/mol. The number of rotatable bonds is 4. The highest BCUT2D eigenvalue weighted by molar-refractivity contribution is 5.92. The lowest BCUT2D eigenvalue weighted by Crippen LogP contribution is -2.45. The number of amides is 1. The fourth-order valence-corrected chi connectivity index (χ4v) is 2.69. The number of aliphatic hydroxyl groups is 1. The molecule has 0 aliphatic carbocycles. The Hall–Kier alpha value is -2.21. The Balaban J connectivity index is 2.12. The fourth-order valence-electron chi connectivity index (χ4n) is 2.69. The van der Waals surface area contributed by atoms with Crippen LogP contribution in [0.5, 0.6) is 0 Å². The minimum atomic E-state index is -0.463. The number of carbonyl (C=O) groups is 1. The van der Waals surface area contributed by atoms with Gasteiger partial charge in [0.1, 0.15) is 0 Å². The number of nitro groups is 1. The Morgan fingerprint density at radius 3 is 2.86 bits per heavy atom. The molecule has 1 aliphatic heterocycles. The molecule has 0 bridgehead atoms. The quantitative estimate of drug-likeness (QED) is 0.525. The van der Waals surface area contributed by atoms with Gasteiger partial charge in [-0.05, 0) is 37.8 Å². The molecule has 0 spiro atoms. The van der Waals surface area contributed by atoms with Crippen LogP contribution in [0.2, 0.25) is 0 Å². The molecule has 118 valence electrons. The second-order valence-corrected chi connectivity index (χ2v) is 5.61. The predicted octanol–water partition coefficient (Wildman–Crippen LogP) is 2.23. The van der Waals surface area contributed by atoms with Gasteiger partial charge in [-0.3, -0.25) is 14.9 Å². The van der Waals surface area contributed by atoms with Gasteiger partial charge >= 0.3 is 0 Å². The third-order valence-electron chi connectivity index (χ3n) is 4.06. The third-order valence-corrected chi connectivity index (χ3v) is 4.06. The number of nitrogens with zero attached hydrogens (tertiary/aromatic N) is 2. The zero-order chi connectivity index (χ0) is 16.1. The summed E-state index contributed by atoms with van der Waals surface area (Å²) < 4.78 is 0. The van der Waals surface area contributed by atoms with E-state index >= 15 is 0 Å². The van der Waals surface area contributed by atoms with Crippen LogP contribution in [-0.4, -0.2) is 40.0 Å². The molecular formula is C16H20N2O4. The summed E-state index contributed by atoms with van der Waals surface area (Å²) in [6.07, 6.45) is 4.62. The number of carbonyl (C=O) groups excluding carboxylic acids is 1. The molecule has 22 heavy (non-hydrogen) atoms. The van der Waals surface area contributed by atoms with Gasteiger partial charge in [0.05, 0.1) is 10.5 Å². The van der Waals surface area contributed by atoms with Crippen molar-refractivity contribution in [2.24, 2.45) is 5.92 Å². The van der Waals surface area contributed by atoms with E-state index in [-0.39, 0.29) is 30.2 Å².